The standard InChI is InChI=1S/C17H26N6/c1-18-17(22-12-15-23-13-6-7-14-23)21-11-5-4-10-20-16-8-2-3-9-19-16/h2-3,6-9,13-14H,4-5,10-12,15H2,1H3,(H,19,20)(H2,18,21,22). The first kappa shape index (κ1) is 16.9. The molecular formula is C17H26N6. The highest BCUT2D eigenvalue weighted by Crippen LogP contribution is 2.00. The number of hydrogen-bond acceptors (Lipinski definition) is 3. The topological polar surface area (TPSA) is 66.3 Å². The van der Waals surface area contributed by atoms with Crippen molar-refractivity contribution in [1.82, 2.24) is 20.2 Å². The van der Waals surface area contributed by atoms with Crippen molar-refractivity contribution in [3.05, 3.63) is 48.9 Å². The molecule has 6 nitrogen and oxygen atoms in total. The van der Waals surface area contributed by atoms with Gasteiger partial charge in [-0.15, -0.1) is 0 Å². The van der Waals surface area contributed by atoms with Gasteiger partial charge in [0.2, 0.25) is 0 Å². The van der Waals surface area contributed by atoms with Crippen molar-refractivity contribution >= 4 is 11.8 Å². The van der Waals surface area contributed by atoms with Crippen molar-refractivity contribution in [1.29, 1.82) is 0 Å². The average Bonchev–Trinajstić information content (AvgIpc) is 3.10. The van der Waals surface area contributed by atoms with E-state index in [1.807, 2.05) is 30.3 Å². The number of guanidine groups is 1. The molecule has 3 N–H and O–H groups in total. The number of rotatable bonds is 9. The first-order valence-electron chi connectivity index (χ1n) is 8.08. The molecule has 0 atom stereocenters. The van der Waals surface area contributed by atoms with Gasteiger partial charge in [-0.05, 0) is 37.1 Å². The van der Waals surface area contributed by atoms with E-state index in [4.69, 9.17) is 0 Å². The van der Waals surface area contributed by atoms with Crippen LogP contribution in [0.3, 0.4) is 0 Å². The van der Waals surface area contributed by atoms with Crippen LogP contribution >= 0.6 is 0 Å². The highest BCUT2D eigenvalue weighted by Gasteiger charge is 1.97. The third kappa shape index (κ3) is 6.86. The van der Waals surface area contributed by atoms with Gasteiger partial charge in [-0.2, -0.15) is 0 Å². The van der Waals surface area contributed by atoms with Crippen molar-refractivity contribution in [2.75, 3.05) is 32.0 Å². The molecule has 0 saturated carbocycles. The van der Waals surface area contributed by atoms with E-state index in [2.05, 4.69) is 42.9 Å². The van der Waals surface area contributed by atoms with Gasteiger partial charge in [-0.1, -0.05) is 6.07 Å². The van der Waals surface area contributed by atoms with Crippen molar-refractivity contribution in [2.24, 2.45) is 4.99 Å². The summed E-state index contributed by atoms with van der Waals surface area (Å²) < 4.78 is 2.14. The van der Waals surface area contributed by atoms with Crippen LogP contribution in [0, 0.1) is 0 Å². The molecule has 0 amide bonds. The SMILES string of the molecule is CN=C(NCCCCNc1ccccn1)NCCn1cccc1. The van der Waals surface area contributed by atoms with Crippen LogP contribution in [0.4, 0.5) is 5.82 Å². The van der Waals surface area contributed by atoms with E-state index in [0.29, 0.717) is 0 Å². The monoisotopic (exact) mass is 314 g/mol. The lowest BCUT2D eigenvalue weighted by Gasteiger charge is -2.12. The van der Waals surface area contributed by atoms with E-state index < -0.39 is 0 Å². The molecule has 6 heteroatoms. The predicted molar refractivity (Wildman–Crippen MR) is 95.8 cm³/mol. The van der Waals surface area contributed by atoms with Gasteiger partial charge in [0.1, 0.15) is 5.82 Å². The summed E-state index contributed by atoms with van der Waals surface area (Å²) in [6.07, 6.45) is 8.09. The van der Waals surface area contributed by atoms with Crippen LogP contribution in [0.2, 0.25) is 0 Å². The third-order valence-corrected chi connectivity index (χ3v) is 3.42. The fourth-order valence-electron chi connectivity index (χ4n) is 2.18. The second kappa shape index (κ2) is 10.3. The van der Waals surface area contributed by atoms with Gasteiger partial charge in [0.15, 0.2) is 5.96 Å². The van der Waals surface area contributed by atoms with Gasteiger partial charge in [0.25, 0.3) is 0 Å². The summed E-state index contributed by atoms with van der Waals surface area (Å²) in [7, 11) is 1.80. The minimum atomic E-state index is 0.856. The lowest BCUT2D eigenvalue weighted by atomic mass is 10.3. The van der Waals surface area contributed by atoms with Gasteiger partial charge < -0.3 is 20.5 Å². The quantitative estimate of drug-likeness (QED) is 0.376. The molecular weight excluding hydrogens is 288 g/mol. The summed E-state index contributed by atoms with van der Waals surface area (Å²) in [5.41, 5.74) is 0. The van der Waals surface area contributed by atoms with Crippen LogP contribution in [0.5, 0.6) is 0 Å². The zero-order valence-corrected chi connectivity index (χ0v) is 13.7. The van der Waals surface area contributed by atoms with Crippen molar-refractivity contribution < 1.29 is 0 Å². The van der Waals surface area contributed by atoms with Crippen LogP contribution in [-0.4, -0.2) is 42.2 Å². The van der Waals surface area contributed by atoms with Crippen LogP contribution in [-0.2, 0) is 6.54 Å². The molecule has 0 spiro atoms. The second-order valence-electron chi connectivity index (χ2n) is 5.20. The van der Waals surface area contributed by atoms with Crippen LogP contribution in [0.1, 0.15) is 12.8 Å². The predicted octanol–water partition coefficient (Wildman–Crippen LogP) is 1.94. The number of aliphatic imine (C=N–C) groups is 1. The number of nitrogens with zero attached hydrogens (tertiary/aromatic N) is 3. The largest absolute Gasteiger partial charge is 0.370 e. The second-order valence-corrected chi connectivity index (χ2v) is 5.20. The van der Waals surface area contributed by atoms with Gasteiger partial charge >= 0.3 is 0 Å². The van der Waals surface area contributed by atoms with Crippen LogP contribution < -0.4 is 16.0 Å². The smallest absolute Gasteiger partial charge is 0.191 e. The molecule has 0 radical (unpaired) electrons. The van der Waals surface area contributed by atoms with Crippen LogP contribution in [0.25, 0.3) is 0 Å². The fraction of sp³-hybridized carbons (Fsp3) is 0.412. The molecule has 0 aliphatic rings. The summed E-state index contributed by atoms with van der Waals surface area (Å²) in [5.74, 6) is 1.79. The zero-order chi connectivity index (χ0) is 16.2. The summed E-state index contributed by atoms with van der Waals surface area (Å²) in [6.45, 7) is 3.63. The summed E-state index contributed by atoms with van der Waals surface area (Å²) in [4.78, 5) is 8.47. The Bertz CT molecular complexity index is 550. The van der Waals surface area contributed by atoms with E-state index in [9.17, 15) is 0 Å². The van der Waals surface area contributed by atoms with E-state index >= 15 is 0 Å². The molecule has 0 aliphatic carbocycles. The van der Waals surface area contributed by atoms with E-state index in [-0.39, 0.29) is 0 Å². The zero-order valence-electron chi connectivity index (χ0n) is 13.7. The Kier molecular flexibility index (Phi) is 7.53. The molecule has 0 aromatic carbocycles. The molecule has 2 rings (SSSR count). The Morgan fingerprint density at radius 1 is 1.04 bits per heavy atom. The molecule has 0 unspecified atom stereocenters. The van der Waals surface area contributed by atoms with Gasteiger partial charge in [0, 0.05) is 51.8 Å². The van der Waals surface area contributed by atoms with Crippen molar-refractivity contribution in [2.45, 2.75) is 19.4 Å². The van der Waals surface area contributed by atoms with Crippen molar-refractivity contribution in [3.8, 4) is 0 Å². The lowest BCUT2D eigenvalue weighted by Crippen LogP contribution is -2.39. The van der Waals surface area contributed by atoms with Gasteiger partial charge in [-0.25, -0.2) is 4.98 Å². The molecule has 124 valence electrons. The van der Waals surface area contributed by atoms with Crippen molar-refractivity contribution in [3.63, 3.8) is 0 Å². The highest BCUT2D eigenvalue weighted by atomic mass is 15.2. The Labute approximate surface area is 138 Å². The molecule has 2 aromatic heterocycles. The minimum absolute atomic E-state index is 0.856. The Balaban J connectivity index is 1.50. The molecule has 2 aromatic rings. The molecule has 0 bridgehead atoms. The number of pyridine rings is 1. The maximum atomic E-state index is 4.24. The average molecular weight is 314 g/mol. The number of nitrogens with one attached hydrogen (secondary N) is 3. The normalized spacial score (nSPS) is 11.3. The summed E-state index contributed by atoms with van der Waals surface area (Å²) in [5, 5.41) is 9.96. The number of unbranched alkanes of at least 4 members (excludes halogenated alkanes) is 1. The Morgan fingerprint density at radius 2 is 1.83 bits per heavy atom. The van der Waals surface area contributed by atoms with Gasteiger partial charge in [0.05, 0.1) is 0 Å². The maximum absolute atomic E-state index is 4.24. The van der Waals surface area contributed by atoms with E-state index in [1.165, 1.54) is 0 Å². The molecule has 2 heterocycles. The molecule has 0 aliphatic heterocycles. The third-order valence-electron chi connectivity index (χ3n) is 3.42. The molecule has 23 heavy (non-hydrogen) atoms. The summed E-state index contributed by atoms with van der Waals surface area (Å²) >= 11 is 0. The Hall–Kier alpha value is -2.50. The fourth-order valence-corrected chi connectivity index (χ4v) is 2.18. The molecule has 0 fully saturated rings. The minimum Gasteiger partial charge on any atom is -0.370 e. The van der Waals surface area contributed by atoms with Crippen LogP contribution in [0.15, 0.2) is 53.9 Å². The van der Waals surface area contributed by atoms with E-state index in [1.54, 1.807) is 13.2 Å². The van der Waals surface area contributed by atoms with E-state index in [0.717, 1.165) is 50.8 Å². The number of aromatic nitrogens is 2. The van der Waals surface area contributed by atoms with Gasteiger partial charge in [-0.3, -0.25) is 4.99 Å². The number of hydrogen-bond donors (Lipinski definition) is 3. The highest BCUT2D eigenvalue weighted by molar-refractivity contribution is 5.79. The summed E-state index contributed by atoms with van der Waals surface area (Å²) in [6, 6.07) is 9.96. The Morgan fingerprint density at radius 3 is 2.57 bits per heavy atom. The maximum Gasteiger partial charge on any atom is 0.191 e. The first-order valence-corrected chi connectivity index (χ1v) is 8.08. The first-order chi connectivity index (χ1) is 11.4. The number of anilines is 1. The molecule has 0 saturated heterocycles. The lowest BCUT2D eigenvalue weighted by molar-refractivity contribution is 0.657.